The molecule has 0 atom stereocenters. The lowest BCUT2D eigenvalue weighted by molar-refractivity contribution is 0.0784. The number of halogens is 1. The molecule has 0 radical (unpaired) electrons. The van der Waals surface area contributed by atoms with Crippen LogP contribution >= 0.6 is 22.6 Å². The minimum Gasteiger partial charge on any atom is -0.488 e. The highest BCUT2D eigenvalue weighted by Gasteiger charge is 2.30. The summed E-state index contributed by atoms with van der Waals surface area (Å²) in [7, 11) is 1.88. The largest absolute Gasteiger partial charge is 0.488 e. The minimum absolute atomic E-state index is 0.0726. The number of benzene rings is 2. The number of ether oxygens (including phenoxy) is 1. The SMILES string of the molecule is CN(C(=O)c1ccc(I)c(OCc2ccccc2)c1)C1CC1. The predicted octanol–water partition coefficient (Wildman–Crippen LogP) is 4.10. The second-order valence-corrected chi connectivity index (χ2v) is 6.73. The summed E-state index contributed by atoms with van der Waals surface area (Å²) in [5.41, 5.74) is 1.81. The van der Waals surface area contributed by atoms with Crippen molar-refractivity contribution < 1.29 is 9.53 Å². The fourth-order valence-electron chi connectivity index (χ4n) is 2.31. The van der Waals surface area contributed by atoms with Crippen molar-refractivity contribution in [3.05, 3.63) is 63.2 Å². The number of carbonyl (C=O) groups excluding carboxylic acids is 1. The number of hydrogen-bond acceptors (Lipinski definition) is 2. The Balaban J connectivity index is 1.73. The molecule has 2 aromatic rings. The summed E-state index contributed by atoms with van der Waals surface area (Å²) in [6.45, 7) is 0.507. The Kier molecular flexibility index (Phi) is 4.66. The average Bonchev–Trinajstić information content (AvgIpc) is 3.38. The van der Waals surface area contributed by atoms with Gasteiger partial charge >= 0.3 is 0 Å². The van der Waals surface area contributed by atoms with Gasteiger partial charge in [-0.3, -0.25) is 4.79 Å². The molecule has 3 rings (SSSR count). The summed E-state index contributed by atoms with van der Waals surface area (Å²) in [4.78, 5) is 14.3. The molecule has 114 valence electrons. The van der Waals surface area contributed by atoms with Crippen LogP contribution < -0.4 is 4.74 Å². The van der Waals surface area contributed by atoms with E-state index in [1.807, 2.05) is 60.5 Å². The molecule has 1 aliphatic rings. The van der Waals surface area contributed by atoms with E-state index in [2.05, 4.69) is 22.6 Å². The molecule has 1 amide bonds. The second kappa shape index (κ2) is 6.69. The summed E-state index contributed by atoms with van der Waals surface area (Å²) in [6.07, 6.45) is 2.23. The summed E-state index contributed by atoms with van der Waals surface area (Å²) >= 11 is 2.24. The molecular weight excluding hydrogens is 389 g/mol. The third kappa shape index (κ3) is 3.61. The van der Waals surface area contributed by atoms with Gasteiger partial charge in [0.25, 0.3) is 5.91 Å². The van der Waals surface area contributed by atoms with Gasteiger partial charge in [-0.1, -0.05) is 30.3 Å². The van der Waals surface area contributed by atoms with Gasteiger partial charge in [-0.05, 0) is 59.2 Å². The maximum absolute atomic E-state index is 12.4. The Hall–Kier alpha value is -1.56. The van der Waals surface area contributed by atoms with Crippen molar-refractivity contribution in [2.45, 2.75) is 25.5 Å². The van der Waals surface area contributed by atoms with E-state index in [0.717, 1.165) is 27.7 Å². The van der Waals surface area contributed by atoms with Crippen LogP contribution in [-0.2, 0) is 6.61 Å². The van der Waals surface area contributed by atoms with Crippen molar-refractivity contribution in [2.24, 2.45) is 0 Å². The van der Waals surface area contributed by atoms with Crippen LogP contribution in [-0.4, -0.2) is 23.9 Å². The molecule has 4 heteroatoms. The second-order valence-electron chi connectivity index (χ2n) is 5.57. The molecule has 0 heterocycles. The number of hydrogen-bond donors (Lipinski definition) is 0. The summed E-state index contributed by atoms with van der Waals surface area (Å²) in [5.74, 6) is 0.836. The standard InChI is InChI=1S/C18H18INO2/c1-20(15-8-9-15)18(21)14-7-10-16(19)17(11-14)22-12-13-5-3-2-4-6-13/h2-7,10-11,15H,8-9,12H2,1H3. The Bertz CT molecular complexity index is 668. The normalized spacial score (nSPS) is 13.7. The molecule has 0 saturated heterocycles. The van der Waals surface area contributed by atoms with E-state index in [9.17, 15) is 4.79 Å². The highest BCUT2D eigenvalue weighted by molar-refractivity contribution is 14.1. The van der Waals surface area contributed by atoms with Crippen LogP contribution in [0, 0.1) is 3.57 Å². The first kappa shape index (κ1) is 15.3. The molecule has 2 aromatic carbocycles. The lowest BCUT2D eigenvalue weighted by Gasteiger charge is -2.17. The summed E-state index contributed by atoms with van der Waals surface area (Å²) in [6, 6.07) is 16.1. The first-order chi connectivity index (χ1) is 10.6. The van der Waals surface area contributed by atoms with Gasteiger partial charge in [0.05, 0.1) is 3.57 Å². The van der Waals surface area contributed by atoms with Crippen molar-refractivity contribution in [2.75, 3.05) is 7.05 Å². The molecule has 0 aromatic heterocycles. The van der Waals surface area contributed by atoms with Gasteiger partial charge in [0.15, 0.2) is 0 Å². The van der Waals surface area contributed by atoms with Crippen molar-refractivity contribution in [3.8, 4) is 5.75 Å². The van der Waals surface area contributed by atoms with Crippen LogP contribution in [0.5, 0.6) is 5.75 Å². The monoisotopic (exact) mass is 407 g/mol. The van der Waals surface area contributed by atoms with E-state index in [1.165, 1.54) is 0 Å². The smallest absolute Gasteiger partial charge is 0.253 e. The zero-order chi connectivity index (χ0) is 15.5. The zero-order valence-electron chi connectivity index (χ0n) is 12.5. The van der Waals surface area contributed by atoms with Gasteiger partial charge < -0.3 is 9.64 Å². The minimum atomic E-state index is 0.0726. The fraction of sp³-hybridized carbons (Fsp3) is 0.278. The third-order valence-corrected chi connectivity index (χ3v) is 4.72. The third-order valence-electron chi connectivity index (χ3n) is 3.83. The molecule has 1 aliphatic carbocycles. The van der Waals surface area contributed by atoms with Crippen LogP contribution in [0.15, 0.2) is 48.5 Å². The van der Waals surface area contributed by atoms with Crippen LogP contribution in [0.1, 0.15) is 28.8 Å². The molecular formula is C18H18INO2. The maximum Gasteiger partial charge on any atom is 0.253 e. The van der Waals surface area contributed by atoms with E-state index in [0.29, 0.717) is 18.2 Å². The van der Waals surface area contributed by atoms with Crippen molar-refractivity contribution >= 4 is 28.5 Å². The topological polar surface area (TPSA) is 29.5 Å². The van der Waals surface area contributed by atoms with E-state index in [4.69, 9.17) is 4.74 Å². The lowest BCUT2D eigenvalue weighted by atomic mass is 10.2. The quantitative estimate of drug-likeness (QED) is 0.699. The maximum atomic E-state index is 12.4. The van der Waals surface area contributed by atoms with Crippen LogP contribution in [0.3, 0.4) is 0 Å². The molecule has 0 N–H and O–H groups in total. The van der Waals surface area contributed by atoms with Gasteiger partial charge in [-0.2, -0.15) is 0 Å². The molecule has 0 aliphatic heterocycles. The lowest BCUT2D eigenvalue weighted by Crippen LogP contribution is -2.28. The van der Waals surface area contributed by atoms with Gasteiger partial charge in [0, 0.05) is 18.7 Å². The number of nitrogens with zero attached hydrogens (tertiary/aromatic N) is 1. The number of rotatable bonds is 5. The fourth-order valence-corrected chi connectivity index (χ4v) is 2.80. The summed E-state index contributed by atoms with van der Waals surface area (Å²) < 4.78 is 6.90. The molecule has 0 bridgehead atoms. The Morgan fingerprint density at radius 3 is 2.64 bits per heavy atom. The van der Waals surface area contributed by atoms with Crippen LogP contribution in [0.2, 0.25) is 0 Å². The first-order valence-electron chi connectivity index (χ1n) is 7.38. The number of carbonyl (C=O) groups is 1. The van der Waals surface area contributed by atoms with Gasteiger partial charge in [0.2, 0.25) is 0 Å². The van der Waals surface area contributed by atoms with E-state index in [-0.39, 0.29) is 5.91 Å². The highest BCUT2D eigenvalue weighted by Crippen LogP contribution is 2.29. The van der Waals surface area contributed by atoms with E-state index < -0.39 is 0 Å². The Labute approximate surface area is 144 Å². The van der Waals surface area contributed by atoms with Crippen molar-refractivity contribution in [3.63, 3.8) is 0 Å². The van der Waals surface area contributed by atoms with Crippen molar-refractivity contribution in [1.29, 1.82) is 0 Å². The van der Waals surface area contributed by atoms with Crippen molar-refractivity contribution in [1.82, 2.24) is 4.90 Å². The predicted molar refractivity (Wildman–Crippen MR) is 95.0 cm³/mol. The molecule has 0 spiro atoms. The zero-order valence-corrected chi connectivity index (χ0v) is 14.6. The van der Waals surface area contributed by atoms with Gasteiger partial charge in [-0.25, -0.2) is 0 Å². The first-order valence-corrected chi connectivity index (χ1v) is 8.46. The molecule has 0 unspecified atom stereocenters. The Morgan fingerprint density at radius 2 is 1.95 bits per heavy atom. The summed E-state index contributed by atoms with van der Waals surface area (Å²) in [5, 5.41) is 0. The molecule has 1 saturated carbocycles. The van der Waals surface area contributed by atoms with Crippen LogP contribution in [0.25, 0.3) is 0 Å². The number of amides is 1. The average molecular weight is 407 g/mol. The van der Waals surface area contributed by atoms with Gasteiger partial charge in [0.1, 0.15) is 12.4 Å². The molecule has 22 heavy (non-hydrogen) atoms. The molecule has 1 fully saturated rings. The molecule has 3 nitrogen and oxygen atoms in total. The van der Waals surface area contributed by atoms with Gasteiger partial charge in [-0.15, -0.1) is 0 Å². The highest BCUT2D eigenvalue weighted by atomic mass is 127. The van der Waals surface area contributed by atoms with E-state index in [1.54, 1.807) is 0 Å². The van der Waals surface area contributed by atoms with Crippen LogP contribution in [0.4, 0.5) is 0 Å². The Morgan fingerprint density at radius 1 is 1.23 bits per heavy atom. The van der Waals surface area contributed by atoms with E-state index >= 15 is 0 Å².